The summed E-state index contributed by atoms with van der Waals surface area (Å²) in [6.45, 7) is 2.53. The number of nitrogens with one attached hydrogen (secondary N) is 4. The second-order valence-corrected chi connectivity index (χ2v) is 11.9. The van der Waals surface area contributed by atoms with Crippen molar-refractivity contribution in [3.8, 4) is 0 Å². The molecule has 0 radical (unpaired) electrons. The molecule has 0 bridgehead atoms. The van der Waals surface area contributed by atoms with Gasteiger partial charge in [0.2, 0.25) is 11.9 Å². The van der Waals surface area contributed by atoms with Crippen molar-refractivity contribution in [1.82, 2.24) is 29.7 Å². The van der Waals surface area contributed by atoms with Gasteiger partial charge in [-0.1, -0.05) is 11.6 Å². The number of carbonyl (C=O) groups is 2. The maximum atomic E-state index is 14.4. The molecule has 294 valence electrons. The fourth-order valence-electron chi connectivity index (χ4n) is 5.18. The van der Waals surface area contributed by atoms with Crippen LogP contribution < -0.4 is 21.3 Å². The molecule has 0 aliphatic carbocycles. The van der Waals surface area contributed by atoms with Gasteiger partial charge in [-0.05, 0) is 24.3 Å². The van der Waals surface area contributed by atoms with Gasteiger partial charge in [-0.3, -0.25) is 9.59 Å². The van der Waals surface area contributed by atoms with Gasteiger partial charge < -0.3 is 40.5 Å². The molecule has 14 nitrogen and oxygen atoms in total. The summed E-state index contributed by atoms with van der Waals surface area (Å²) in [6.07, 6.45) is -2.84. The molecule has 6 rings (SSSR count). The first-order valence-corrected chi connectivity index (χ1v) is 16.7. The summed E-state index contributed by atoms with van der Waals surface area (Å²) in [6, 6.07) is 4.67. The SMILES string of the molecule is CNc1nc(Nc2ccc(C(=O)N3CCOCC3)c(F)c2F)ncc1C(F)(F)F.CNc1nc(Nc2ccc(C(=O)N3CCOCC3)c(F)c2F)ncc1Cl. The third-order valence-corrected chi connectivity index (χ3v) is 8.30. The zero-order valence-electron chi connectivity index (χ0n) is 29.0. The molecule has 2 aliphatic heterocycles. The number of alkyl halides is 3. The first-order chi connectivity index (χ1) is 26.2. The summed E-state index contributed by atoms with van der Waals surface area (Å²) in [5.41, 5.74) is -2.51. The van der Waals surface area contributed by atoms with E-state index in [0.717, 1.165) is 12.1 Å². The molecule has 4 N–H and O–H groups in total. The second kappa shape index (κ2) is 17.7. The predicted molar refractivity (Wildman–Crippen MR) is 186 cm³/mol. The van der Waals surface area contributed by atoms with E-state index >= 15 is 0 Å². The smallest absolute Gasteiger partial charge is 0.378 e. The topological polar surface area (TPSA) is 159 Å². The normalized spacial score (nSPS) is 14.4. The van der Waals surface area contributed by atoms with Crippen LogP contribution in [0.5, 0.6) is 0 Å². The summed E-state index contributed by atoms with van der Waals surface area (Å²) < 4.78 is 107. The summed E-state index contributed by atoms with van der Waals surface area (Å²) in [5, 5.41) is 10.2. The molecule has 2 amide bonds. The highest BCUT2D eigenvalue weighted by Gasteiger charge is 2.35. The Hall–Kier alpha value is -5.54. The van der Waals surface area contributed by atoms with Gasteiger partial charge in [0.05, 0.1) is 55.1 Å². The molecular formula is C33H32ClF7N10O4. The summed E-state index contributed by atoms with van der Waals surface area (Å²) in [5.74, 6) is -6.97. The summed E-state index contributed by atoms with van der Waals surface area (Å²) >= 11 is 5.88. The van der Waals surface area contributed by atoms with Gasteiger partial charge in [0.25, 0.3) is 11.8 Å². The van der Waals surface area contributed by atoms with Gasteiger partial charge in [-0.15, -0.1) is 0 Å². The van der Waals surface area contributed by atoms with E-state index in [1.807, 2.05) is 0 Å². The highest BCUT2D eigenvalue weighted by Crippen LogP contribution is 2.34. The fourth-order valence-corrected chi connectivity index (χ4v) is 5.37. The lowest BCUT2D eigenvalue weighted by molar-refractivity contribution is -0.137. The Morgan fingerprint density at radius 3 is 1.51 bits per heavy atom. The average molecular weight is 801 g/mol. The monoisotopic (exact) mass is 800 g/mol. The van der Waals surface area contributed by atoms with Crippen LogP contribution >= 0.6 is 11.6 Å². The van der Waals surface area contributed by atoms with Gasteiger partial charge in [0.15, 0.2) is 23.3 Å². The van der Waals surface area contributed by atoms with Crippen LogP contribution in [0, 0.1) is 23.3 Å². The van der Waals surface area contributed by atoms with Crippen molar-refractivity contribution in [2.75, 3.05) is 88.0 Å². The minimum Gasteiger partial charge on any atom is -0.378 e. The first kappa shape index (κ1) is 40.6. The quantitative estimate of drug-likeness (QED) is 0.162. The zero-order valence-corrected chi connectivity index (χ0v) is 29.7. The van der Waals surface area contributed by atoms with Crippen molar-refractivity contribution in [3.63, 3.8) is 0 Å². The van der Waals surface area contributed by atoms with E-state index in [1.165, 1.54) is 35.2 Å². The van der Waals surface area contributed by atoms with E-state index in [9.17, 15) is 40.3 Å². The number of ether oxygens (including phenoxy) is 2. The number of amides is 2. The Kier molecular flexibility index (Phi) is 13.1. The number of anilines is 6. The lowest BCUT2D eigenvalue weighted by atomic mass is 10.1. The molecule has 2 saturated heterocycles. The zero-order chi connectivity index (χ0) is 39.9. The third-order valence-electron chi connectivity index (χ3n) is 8.03. The van der Waals surface area contributed by atoms with Crippen molar-refractivity contribution >= 4 is 58.3 Å². The molecule has 22 heteroatoms. The second-order valence-electron chi connectivity index (χ2n) is 11.5. The minimum atomic E-state index is -4.68. The van der Waals surface area contributed by atoms with Crippen molar-refractivity contribution < 1.29 is 49.8 Å². The van der Waals surface area contributed by atoms with Crippen LogP contribution in [0.25, 0.3) is 0 Å². The number of morpholine rings is 2. The van der Waals surface area contributed by atoms with Crippen LogP contribution in [0.1, 0.15) is 26.3 Å². The van der Waals surface area contributed by atoms with Gasteiger partial charge >= 0.3 is 6.18 Å². The molecule has 0 unspecified atom stereocenters. The highest BCUT2D eigenvalue weighted by atomic mass is 35.5. The lowest BCUT2D eigenvalue weighted by Crippen LogP contribution is -2.41. The number of hydrogen-bond acceptors (Lipinski definition) is 12. The molecule has 2 aromatic carbocycles. The molecule has 0 atom stereocenters. The predicted octanol–water partition coefficient (Wildman–Crippen LogP) is 5.70. The number of rotatable bonds is 8. The summed E-state index contributed by atoms with van der Waals surface area (Å²) in [4.78, 5) is 42.6. The van der Waals surface area contributed by atoms with Gasteiger partial charge in [-0.2, -0.15) is 23.1 Å². The first-order valence-electron chi connectivity index (χ1n) is 16.3. The molecule has 0 saturated carbocycles. The van der Waals surface area contributed by atoms with Crippen LogP contribution in [-0.4, -0.2) is 108 Å². The van der Waals surface area contributed by atoms with Crippen LogP contribution in [0.2, 0.25) is 5.02 Å². The van der Waals surface area contributed by atoms with Crippen LogP contribution in [0.15, 0.2) is 36.7 Å². The van der Waals surface area contributed by atoms with E-state index in [2.05, 4.69) is 41.2 Å². The Bertz CT molecular complexity index is 2030. The Morgan fingerprint density at radius 1 is 0.673 bits per heavy atom. The molecule has 4 heterocycles. The minimum absolute atomic E-state index is 0.0318. The van der Waals surface area contributed by atoms with Gasteiger partial charge in [0.1, 0.15) is 22.2 Å². The van der Waals surface area contributed by atoms with E-state index in [4.69, 9.17) is 21.1 Å². The van der Waals surface area contributed by atoms with Crippen LogP contribution in [0.3, 0.4) is 0 Å². The van der Waals surface area contributed by atoms with E-state index in [1.54, 1.807) is 7.05 Å². The number of benzene rings is 2. The molecular weight excluding hydrogens is 769 g/mol. The number of halogens is 8. The number of carbonyl (C=O) groups excluding carboxylic acids is 2. The Balaban J connectivity index is 0.000000212. The number of hydrogen-bond donors (Lipinski definition) is 4. The van der Waals surface area contributed by atoms with Crippen LogP contribution in [-0.2, 0) is 15.7 Å². The van der Waals surface area contributed by atoms with E-state index in [0.29, 0.717) is 51.5 Å². The van der Waals surface area contributed by atoms with E-state index < -0.39 is 63.9 Å². The molecule has 4 aromatic rings. The largest absolute Gasteiger partial charge is 0.421 e. The number of nitrogens with zero attached hydrogens (tertiary/aromatic N) is 6. The van der Waals surface area contributed by atoms with Crippen molar-refractivity contribution in [2.24, 2.45) is 0 Å². The van der Waals surface area contributed by atoms with Crippen molar-refractivity contribution in [2.45, 2.75) is 6.18 Å². The standard InChI is InChI=1S/C17H16F5N5O2.C16H16ClF2N5O2/c1-23-14-10(17(20,21)22)8-24-16(26-14)25-11-3-2-9(12(18)13(11)19)15(28)27-4-6-29-7-5-27;1-20-14-10(17)8-21-16(23-14)22-11-3-2-9(12(18)13(11)19)15(25)24-4-6-26-7-5-24/h2-3,8H,4-7H2,1H3,(H2,23,24,25,26);2-3,8H,4-7H2,1H3,(H2,20,21,22,23). The van der Waals surface area contributed by atoms with Gasteiger partial charge in [0, 0.05) is 46.5 Å². The highest BCUT2D eigenvalue weighted by molar-refractivity contribution is 6.32. The summed E-state index contributed by atoms with van der Waals surface area (Å²) in [7, 11) is 2.85. The molecule has 2 fully saturated rings. The van der Waals surface area contributed by atoms with Crippen molar-refractivity contribution in [3.05, 3.63) is 81.6 Å². The van der Waals surface area contributed by atoms with Gasteiger partial charge in [-0.25, -0.2) is 27.5 Å². The Morgan fingerprint density at radius 2 is 1.09 bits per heavy atom. The number of aromatic nitrogens is 4. The molecule has 2 aromatic heterocycles. The molecule has 0 spiro atoms. The molecule has 2 aliphatic rings. The Labute approximate surface area is 313 Å². The fraction of sp³-hybridized carbons (Fsp3) is 0.333. The van der Waals surface area contributed by atoms with Crippen molar-refractivity contribution in [1.29, 1.82) is 0 Å². The third kappa shape index (κ3) is 9.59. The van der Waals surface area contributed by atoms with E-state index in [-0.39, 0.29) is 41.3 Å². The molecule has 55 heavy (non-hydrogen) atoms. The van der Waals surface area contributed by atoms with Crippen LogP contribution in [0.4, 0.5) is 65.6 Å². The lowest BCUT2D eigenvalue weighted by Gasteiger charge is -2.27. The average Bonchev–Trinajstić information content (AvgIpc) is 3.19. The maximum absolute atomic E-state index is 14.4. The maximum Gasteiger partial charge on any atom is 0.421 e.